The summed E-state index contributed by atoms with van der Waals surface area (Å²) in [6.07, 6.45) is 3.02. The Morgan fingerprint density at radius 2 is 2.16 bits per heavy atom. The van der Waals surface area contributed by atoms with Crippen molar-refractivity contribution < 1.29 is 9.59 Å². The maximum absolute atomic E-state index is 12.5. The highest BCUT2D eigenvalue weighted by molar-refractivity contribution is 5.97. The van der Waals surface area contributed by atoms with Gasteiger partial charge in [0.2, 0.25) is 11.8 Å². The molecule has 1 atom stereocenters. The Labute approximate surface area is 146 Å². The van der Waals surface area contributed by atoms with Crippen molar-refractivity contribution in [2.45, 2.75) is 51.0 Å². The number of amides is 2. The van der Waals surface area contributed by atoms with E-state index in [0.717, 1.165) is 17.8 Å². The fourth-order valence-electron chi connectivity index (χ4n) is 3.55. The van der Waals surface area contributed by atoms with Crippen LogP contribution in [0, 0.1) is 0 Å². The van der Waals surface area contributed by atoms with E-state index >= 15 is 0 Å². The zero-order valence-corrected chi connectivity index (χ0v) is 14.3. The number of carbonyl (C=O) groups excluding carboxylic acids is 2. The van der Waals surface area contributed by atoms with Gasteiger partial charge >= 0.3 is 0 Å². The molecule has 2 aliphatic rings. The topological polar surface area (TPSA) is 76.0 Å². The summed E-state index contributed by atoms with van der Waals surface area (Å²) in [5.41, 5.74) is 3.04. The van der Waals surface area contributed by atoms with Gasteiger partial charge in [0, 0.05) is 48.7 Å². The van der Waals surface area contributed by atoms with Crippen LogP contribution in [0.25, 0.3) is 0 Å². The van der Waals surface area contributed by atoms with Gasteiger partial charge in [0.25, 0.3) is 0 Å². The fraction of sp³-hybridized carbons (Fsp3) is 0.421. The minimum atomic E-state index is -0.0994. The van der Waals surface area contributed by atoms with Crippen molar-refractivity contribution in [2.75, 3.05) is 10.6 Å². The average molecular weight is 338 g/mol. The minimum Gasteiger partial charge on any atom is -0.326 e. The lowest BCUT2D eigenvalue weighted by atomic mass is 9.88. The van der Waals surface area contributed by atoms with Crippen molar-refractivity contribution in [3.8, 4) is 0 Å². The number of nitrogens with zero attached hydrogens (tertiary/aromatic N) is 2. The van der Waals surface area contributed by atoms with E-state index in [-0.39, 0.29) is 24.2 Å². The van der Waals surface area contributed by atoms with Gasteiger partial charge in [-0.2, -0.15) is 5.10 Å². The number of aryl methyl sites for hydroxylation is 1. The van der Waals surface area contributed by atoms with Crippen LogP contribution >= 0.6 is 0 Å². The van der Waals surface area contributed by atoms with Gasteiger partial charge in [0.15, 0.2) is 5.82 Å². The quantitative estimate of drug-likeness (QED) is 0.879. The molecule has 1 aliphatic carbocycles. The first-order chi connectivity index (χ1) is 12.1. The van der Waals surface area contributed by atoms with Crippen LogP contribution in [0.4, 0.5) is 11.5 Å². The smallest absolute Gasteiger partial charge is 0.226 e. The van der Waals surface area contributed by atoms with E-state index in [1.165, 1.54) is 18.5 Å². The van der Waals surface area contributed by atoms with Crippen molar-refractivity contribution in [1.82, 2.24) is 9.78 Å². The second-order valence-electron chi connectivity index (χ2n) is 6.83. The predicted octanol–water partition coefficient (Wildman–Crippen LogP) is 3.24. The minimum absolute atomic E-state index is 0.0391. The molecule has 0 spiro atoms. The van der Waals surface area contributed by atoms with Crippen LogP contribution in [0.15, 0.2) is 30.3 Å². The number of carbonyl (C=O) groups is 2. The highest BCUT2D eigenvalue weighted by atomic mass is 16.2. The van der Waals surface area contributed by atoms with Gasteiger partial charge in [0.1, 0.15) is 0 Å². The van der Waals surface area contributed by atoms with E-state index < -0.39 is 0 Å². The standard InChI is InChI=1S/C19H22N4O2/c1-2-23-16(12-7-8-12)11-17(22-23)21-19(25)10-13-9-18(24)20-15-6-4-3-5-14(13)15/h3-6,11-13H,2,7-10H2,1H3,(H,20,24)(H,21,22,25). The normalized spacial score (nSPS) is 19.2. The summed E-state index contributed by atoms with van der Waals surface area (Å²) in [7, 11) is 0. The van der Waals surface area contributed by atoms with E-state index in [9.17, 15) is 9.59 Å². The Hall–Kier alpha value is -2.63. The zero-order chi connectivity index (χ0) is 17.4. The van der Waals surface area contributed by atoms with Crippen molar-refractivity contribution in [3.63, 3.8) is 0 Å². The summed E-state index contributed by atoms with van der Waals surface area (Å²) in [5.74, 6) is 0.968. The monoisotopic (exact) mass is 338 g/mol. The molecule has 2 heterocycles. The van der Waals surface area contributed by atoms with Crippen LogP contribution in [0.3, 0.4) is 0 Å². The van der Waals surface area contributed by atoms with E-state index in [1.54, 1.807) is 0 Å². The average Bonchev–Trinajstić information content (AvgIpc) is 3.35. The maximum Gasteiger partial charge on any atom is 0.226 e. The summed E-state index contributed by atoms with van der Waals surface area (Å²) in [6.45, 7) is 2.86. The zero-order valence-electron chi connectivity index (χ0n) is 14.3. The van der Waals surface area contributed by atoms with Crippen LogP contribution in [0.5, 0.6) is 0 Å². The molecule has 1 fully saturated rings. The van der Waals surface area contributed by atoms with Gasteiger partial charge in [0.05, 0.1) is 0 Å². The molecule has 2 N–H and O–H groups in total. The van der Waals surface area contributed by atoms with E-state index in [0.29, 0.717) is 18.2 Å². The number of aromatic nitrogens is 2. The third-order valence-electron chi connectivity index (χ3n) is 4.91. The van der Waals surface area contributed by atoms with Gasteiger partial charge in [-0.05, 0) is 31.4 Å². The molecule has 1 unspecified atom stereocenters. The Morgan fingerprint density at radius 3 is 2.92 bits per heavy atom. The van der Waals surface area contributed by atoms with Gasteiger partial charge in [-0.1, -0.05) is 18.2 Å². The summed E-state index contributed by atoms with van der Waals surface area (Å²) >= 11 is 0. The molecule has 25 heavy (non-hydrogen) atoms. The Balaban J connectivity index is 1.47. The molecule has 1 saturated carbocycles. The van der Waals surface area contributed by atoms with E-state index in [2.05, 4.69) is 22.7 Å². The molecule has 2 amide bonds. The highest BCUT2D eigenvalue weighted by Gasteiger charge is 2.29. The molecule has 4 rings (SSSR count). The van der Waals surface area contributed by atoms with E-state index in [1.807, 2.05) is 35.0 Å². The molecule has 6 nitrogen and oxygen atoms in total. The van der Waals surface area contributed by atoms with Gasteiger partial charge in [-0.25, -0.2) is 0 Å². The van der Waals surface area contributed by atoms with Gasteiger partial charge in [-0.15, -0.1) is 0 Å². The van der Waals surface area contributed by atoms with E-state index in [4.69, 9.17) is 0 Å². The maximum atomic E-state index is 12.5. The van der Waals surface area contributed by atoms with Crippen LogP contribution in [0.2, 0.25) is 0 Å². The third-order valence-corrected chi connectivity index (χ3v) is 4.91. The molecule has 1 aromatic heterocycles. The Morgan fingerprint density at radius 1 is 1.36 bits per heavy atom. The summed E-state index contributed by atoms with van der Waals surface area (Å²) in [5, 5.41) is 10.3. The molecule has 1 aliphatic heterocycles. The number of rotatable bonds is 5. The molecule has 0 saturated heterocycles. The summed E-state index contributed by atoms with van der Waals surface area (Å²) in [4.78, 5) is 24.4. The van der Waals surface area contributed by atoms with Crippen molar-refractivity contribution in [2.24, 2.45) is 0 Å². The summed E-state index contributed by atoms with van der Waals surface area (Å²) in [6, 6.07) is 9.66. The second kappa shape index (κ2) is 6.35. The second-order valence-corrected chi connectivity index (χ2v) is 6.83. The Kier molecular flexibility index (Phi) is 4.03. The third kappa shape index (κ3) is 3.29. The van der Waals surface area contributed by atoms with Crippen molar-refractivity contribution in [1.29, 1.82) is 0 Å². The first-order valence-electron chi connectivity index (χ1n) is 8.90. The lowest BCUT2D eigenvalue weighted by Gasteiger charge is -2.24. The molecule has 2 aromatic rings. The SMILES string of the molecule is CCn1nc(NC(=O)CC2CC(=O)Nc3ccccc32)cc1C1CC1. The molecule has 6 heteroatoms. The fourth-order valence-corrected chi connectivity index (χ4v) is 3.55. The molecule has 0 radical (unpaired) electrons. The van der Waals surface area contributed by atoms with Gasteiger partial charge < -0.3 is 10.6 Å². The number of nitrogens with one attached hydrogen (secondary N) is 2. The number of anilines is 2. The first-order valence-corrected chi connectivity index (χ1v) is 8.90. The van der Waals surface area contributed by atoms with Crippen LogP contribution in [-0.2, 0) is 16.1 Å². The molecule has 0 bridgehead atoms. The van der Waals surface area contributed by atoms with Crippen LogP contribution in [0.1, 0.15) is 55.7 Å². The molecular weight excluding hydrogens is 316 g/mol. The number of benzene rings is 1. The number of fused-ring (bicyclic) bond motifs is 1. The van der Waals surface area contributed by atoms with Crippen LogP contribution < -0.4 is 10.6 Å². The number of para-hydroxylation sites is 1. The molecular formula is C19H22N4O2. The van der Waals surface area contributed by atoms with Crippen molar-refractivity contribution in [3.05, 3.63) is 41.6 Å². The predicted molar refractivity (Wildman–Crippen MR) is 95.6 cm³/mol. The Bertz CT molecular complexity index is 823. The van der Waals surface area contributed by atoms with Gasteiger partial charge in [-0.3, -0.25) is 14.3 Å². The number of hydrogen-bond acceptors (Lipinski definition) is 3. The lowest BCUT2D eigenvalue weighted by molar-refractivity contribution is -0.118. The highest BCUT2D eigenvalue weighted by Crippen LogP contribution is 2.41. The lowest BCUT2D eigenvalue weighted by Crippen LogP contribution is -2.26. The van der Waals surface area contributed by atoms with Crippen LogP contribution in [-0.4, -0.2) is 21.6 Å². The first kappa shape index (κ1) is 15.9. The van der Waals surface area contributed by atoms with Crippen molar-refractivity contribution >= 4 is 23.3 Å². The molecule has 1 aromatic carbocycles. The summed E-state index contributed by atoms with van der Waals surface area (Å²) < 4.78 is 1.97. The largest absolute Gasteiger partial charge is 0.326 e. The number of hydrogen-bond donors (Lipinski definition) is 2. The molecule has 130 valence electrons.